The Kier molecular flexibility index (Phi) is 4.94. The molecular formula is C16H26N2O2S. The zero-order chi connectivity index (χ0) is 15.6. The van der Waals surface area contributed by atoms with Crippen molar-refractivity contribution >= 4 is 15.7 Å². The standard InChI is InChI=1S/C16H26N2O2S/c1-11-5-4-6-14(9-11)10-18-21(19,20)16-12(2)7-8-15(17)13(16)3/h7-8,11,14,18H,4-6,9-10,17H2,1-3H3. The highest BCUT2D eigenvalue weighted by atomic mass is 32.2. The molecule has 4 nitrogen and oxygen atoms in total. The van der Waals surface area contributed by atoms with E-state index in [2.05, 4.69) is 11.6 Å². The first kappa shape index (κ1) is 16.3. The molecule has 1 saturated carbocycles. The Morgan fingerprint density at radius 3 is 2.67 bits per heavy atom. The topological polar surface area (TPSA) is 72.2 Å². The highest BCUT2D eigenvalue weighted by molar-refractivity contribution is 7.89. The summed E-state index contributed by atoms with van der Waals surface area (Å²) in [6, 6.07) is 3.52. The van der Waals surface area contributed by atoms with Gasteiger partial charge in [0.1, 0.15) is 0 Å². The van der Waals surface area contributed by atoms with Crippen LogP contribution in [0, 0.1) is 25.7 Å². The van der Waals surface area contributed by atoms with Gasteiger partial charge in [0.05, 0.1) is 4.90 Å². The van der Waals surface area contributed by atoms with E-state index in [1.807, 2.05) is 6.92 Å². The van der Waals surface area contributed by atoms with Gasteiger partial charge >= 0.3 is 0 Å². The van der Waals surface area contributed by atoms with Crippen LogP contribution < -0.4 is 10.5 Å². The monoisotopic (exact) mass is 310 g/mol. The lowest BCUT2D eigenvalue weighted by atomic mass is 9.83. The number of nitrogens with two attached hydrogens (primary N) is 1. The summed E-state index contributed by atoms with van der Waals surface area (Å²) in [5, 5.41) is 0. The van der Waals surface area contributed by atoms with Crippen molar-refractivity contribution in [1.82, 2.24) is 4.72 Å². The molecular weight excluding hydrogens is 284 g/mol. The fraction of sp³-hybridized carbons (Fsp3) is 0.625. The summed E-state index contributed by atoms with van der Waals surface area (Å²) >= 11 is 0. The number of nitrogens with one attached hydrogen (secondary N) is 1. The van der Waals surface area contributed by atoms with Gasteiger partial charge in [-0.15, -0.1) is 0 Å². The number of rotatable bonds is 4. The van der Waals surface area contributed by atoms with Crippen molar-refractivity contribution in [1.29, 1.82) is 0 Å². The van der Waals surface area contributed by atoms with E-state index >= 15 is 0 Å². The summed E-state index contributed by atoms with van der Waals surface area (Å²) in [6.45, 7) is 6.34. The molecule has 3 N–H and O–H groups in total. The van der Waals surface area contributed by atoms with Crippen molar-refractivity contribution in [2.24, 2.45) is 11.8 Å². The summed E-state index contributed by atoms with van der Waals surface area (Å²) in [5.41, 5.74) is 7.75. The van der Waals surface area contributed by atoms with E-state index in [1.54, 1.807) is 19.1 Å². The van der Waals surface area contributed by atoms with Crippen molar-refractivity contribution in [2.45, 2.75) is 51.3 Å². The summed E-state index contributed by atoms with van der Waals surface area (Å²) in [6.07, 6.45) is 4.68. The average molecular weight is 310 g/mol. The Hall–Kier alpha value is -1.07. The zero-order valence-corrected chi connectivity index (χ0v) is 14.0. The van der Waals surface area contributed by atoms with Crippen LogP contribution >= 0.6 is 0 Å². The maximum absolute atomic E-state index is 12.6. The molecule has 0 amide bonds. The number of hydrogen-bond acceptors (Lipinski definition) is 3. The number of sulfonamides is 1. The lowest BCUT2D eigenvalue weighted by Gasteiger charge is -2.27. The van der Waals surface area contributed by atoms with Crippen molar-refractivity contribution in [3.05, 3.63) is 23.3 Å². The van der Waals surface area contributed by atoms with Gasteiger partial charge in [-0.2, -0.15) is 0 Å². The first-order valence-corrected chi connectivity index (χ1v) is 9.15. The molecule has 1 aliphatic carbocycles. The van der Waals surface area contributed by atoms with Crippen LogP contribution in [0.2, 0.25) is 0 Å². The number of aryl methyl sites for hydroxylation is 1. The molecule has 5 heteroatoms. The first-order valence-electron chi connectivity index (χ1n) is 7.66. The van der Waals surface area contributed by atoms with Gasteiger partial charge in [-0.25, -0.2) is 13.1 Å². The normalized spacial score (nSPS) is 23.2. The lowest BCUT2D eigenvalue weighted by Crippen LogP contribution is -2.32. The molecule has 1 aromatic rings. The van der Waals surface area contributed by atoms with E-state index in [-0.39, 0.29) is 0 Å². The fourth-order valence-corrected chi connectivity index (χ4v) is 4.91. The summed E-state index contributed by atoms with van der Waals surface area (Å²) < 4.78 is 28.0. The third-order valence-electron chi connectivity index (χ3n) is 4.52. The first-order chi connectivity index (χ1) is 9.81. The molecule has 1 aliphatic rings. The molecule has 2 unspecified atom stereocenters. The Balaban J connectivity index is 2.14. The van der Waals surface area contributed by atoms with Gasteiger partial charge in [0, 0.05) is 12.2 Å². The highest BCUT2D eigenvalue weighted by Gasteiger charge is 2.24. The molecule has 0 aliphatic heterocycles. The molecule has 2 atom stereocenters. The predicted molar refractivity (Wildman–Crippen MR) is 86.6 cm³/mol. The molecule has 1 aromatic carbocycles. The van der Waals surface area contributed by atoms with Crippen molar-refractivity contribution in [2.75, 3.05) is 12.3 Å². The van der Waals surface area contributed by atoms with E-state index in [1.165, 1.54) is 12.8 Å². The van der Waals surface area contributed by atoms with Crippen molar-refractivity contribution < 1.29 is 8.42 Å². The lowest BCUT2D eigenvalue weighted by molar-refractivity contribution is 0.283. The van der Waals surface area contributed by atoms with E-state index in [9.17, 15) is 8.42 Å². The summed E-state index contributed by atoms with van der Waals surface area (Å²) in [4.78, 5) is 0.339. The van der Waals surface area contributed by atoms with Crippen LogP contribution in [-0.4, -0.2) is 15.0 Å². The predicted octanol–water partition coefficient (Wildman–Crippen LogP) is 2.99. The van der Waals surface area contributed by atoms with Gasteiger partial charge in [0.15, 0.2) is 0 Å². The Morgan fingerprint density at radius 2 is 2.00 bits per heavy atom. The van der Waals surface area contributed by atoms with Crippen LogP contribution in [-0.2, 0) is 10.0 Å². The smallest absolute Gasteiger partial charge is 0.241 e. The van der Waals surface area contributed by atoms with Crippen molar-refractivity contribution in [3.63, 3.8) is 0 Å². The second-order valence-electron chi connectivity index (χ2n) is 6.42. The maximum Gasteiger partial charge on any atom is 0.241 e. The van der Waals surface area contributed by atoms with E-state index in [0.717, 1.165) is 18.4 Å². The Labute approximate surface area is 128 Å². The van der Waals surface area contributed by atoms with Gasteiger partial charge < -0.3 is 5.73 Å². The molecule has 1 fully saturated rings. The Bertz CT molecular complexity index is 611. The van der Waals surface area contributed by atoms with Crippen LogP contribution in [0.5, 0.6) is 0 Å². The van der Waals surface area contributed by atoms with Crippen LogP contribution in [0.15, 0.2) is 17.0 Å². The molecule has 0 spiro atoms. The molecule has 2 rings (SSSR count). The van der Waals surface area contributed by atoms with Crippen LogP contribution in [0.4, 0.5) is 5.69 Å². The number of nitrogen functional groups attached to an aromatic ring is 1. The highest BCUT2D eigenvalue weighted by Crippen LogP contribution is 2.29. The molecule has 0 radical (unpaired) electrons. The van der Waals surface area contributed by atoms with E-state index in [0.29, 0.717) is 34.5 Å². The van der Waals surface area contributed by atoms with Gasteiger partial charge in [-0.05, 0) is 55.7 Å². The minimum atomic E-state index is -3.49. The molecule has 0 heterocycles. The minimum Gasteiger partial charge on any atom is -0.398 e. The molecule has 118 valence electrons. The SMILES string of the molecule is Cc1ccc(N)c(C)c1S(=O)(=O)NCC1CCCC(C)C1. The van der Waals surface area contributed by atoms with Gasteiger partial charge in [0.2, 0.25) is 10.0 Å². The summed E-state index contributed by atoms with van der Waals surface area (Å²) in [5.74, 6) is 1.15. The number of anilines is 1. The van der Waals surface area contributed by atoms with Gasteiger partial charge in [0.25, 0.3) is 0 Å². The van der Waals surface area contributed by atoms with Crippen LogP contribution in [0.25, 0.3) is 0 Å². The third-order valence-corrected chi connectivity index (χ3v) is 6.23. The van der Waals surface area contributed by atoms with Crippen molar-refractivity contribution in [3.8, 4) is 0 Å². The second kappa shape index (κ2) is 6.36. The van der Waals surface area contributed by atoms with E-state index in [4.69, 9.17) is 5.73 Å². The summed E-state index contributed by atoms with van der Waals surface area (Å²) in [7, 11) is -3.49. The fourth-order valence-electron chi connectivity index (χ4n) is 3.30. The van der Waals surface area contributed by atoms with Gasteiger partial charge in [-0.3, -0.25) is 0 Å². The zero-order valence-electron chi connectivity index (χ0n) is 13.1. The Morgan fingerprint density at radius 1 is 1.29 bits per heavy atom. The molecule has 21 heavy (non-hydrogen) atoms. The minimum absolute atomic E-state index is 0.339. The largest absolute Gasteiger partial charge is 0.398 e. The van der Waals surface area contributed by atoms with Crippen LogP contribution in [0.3, 0.4) is 0 Å². The quantitative estimate of drug-likeness (QED) is 0.840. The number of hydrogen-bond donors (Lipinski definition) is 2. The molecule has 0 bridgehead atoms. The molecule has 0 saturated heterocycles. The molecule has 0 aromatic heterocycles. The average Bonchev–Trinajstić information content (AvgIpc) is 2.41. The number of benzene rings is 1. The second-order valence-corrected chi connectivity index (χ2v) is 8.12. The maximum atomic E-state index is 12.6. The van der Waals surface area contributed by atoms with E-state index < -0.39 is 10.0 Å². The third kappa shape index (κ3) is 3.77. The van der Waals surface area contributed by atoms with Crippen LogP contribution in [0.1, 0.15) is 43.7 Å². The van der Waals surface area contributed by atoms with Gasteiger partial charge in [-0.1, -0.05) is 25.8 Å².